The molecule has 0 atom stereocenters. The predicted molar refractivity (Wildman–Crippen MR) is 115 cm³/mol. The Balaban J connectivity index is 1.64. The number of nitrogens with zero attached hydrogens (tertiary/aromatic N) is 2. The van der Waals surface area contributed by atoms with Crippen molar-refractivity contribution < 1.29 is 22.5 Å². The van der Waals surface area contributed by atoms with E-state index in [2.05, 4.69) is 15.5 Å². The molecule has 1 amide bonds. The normalized spacial score (nSPS) is 11.4. The number of nitrogens with two attached hydrogens (primary N) is 1. The molecule has 3 rings (SSSR count). The number of amides is 1. The first-order valence-corrected chi connectivity index (χ1v) is 11.2. The molecule has 0 unspecified atom stereocenters. The quantitative estimate of drug-likeness (QED) is 0.545. The van der Waals surface area contributed by atoms with E-state index in [0.717, 1.165) is 16.9 Å². The average molecular weight is 445 g/mol. The van der Waals surface area contributed by atoms with Crippen LogP contribution in [0.4, 0.5) is 5.69 Å². The number of carbonyl (C=O) groups excluding carboxylic acids is 1. The third kappa shape index (κ3) is 5.68. The summed E-state index contributed by atoms with van der Waals surface area (Å²) in [5.41, 5.74) is 2.64. The van der Waals surface area contributed by atoms with Gasteiger partial charge in [-0.05, 0) is 68.3 Å². The van der Waals surface area contributed by atoms with Crippen LogP contribution in [0.15, 0.2) is 45.8 Å². The highest BCUT2D eigenvalue weighted by Gasteiger charge is 2.15. The minimum Gasteiger partial charge on any atom is -0.494 e. The minimum atomic E-state index is -3.88. The van der Waals surface area contributed by atoms with Gasteiger partial charge in [-0.2, -0.15) is 4.98 Å². The molecule has 0 fully saturated rings. The number of primary sulfonamides is 1. The van der Waals surface area contributed by atoms with E-state index in [0.29, 0.717) is 29.6 Å². The van der Waals surface area contributed by atoms with Gasteiger partial charge in [-0.25, -0.2) is 13.6 Å². The van der Waals surface area contributed by atoms with Gasteiger partial charge in [0.05, 0.1) is 11.5 Å². The van der Waals surface area contributed by atoms with Crippen molar-refractivity contribution in [2.75, 3.05) is 11.9 Å². The lowest BCUT2D eigenvalue weighted by Gasteiger charge is -2.12. The molecule has 0 aliphatic rings. The maximum absolute atomic E-state index is 12.4. The van der Waals surface area contributed by atoms with Crippen LogP contribution in [0, 0.1) is 13.8 Å². The largest absolute Gasteiger partial charge is 0.494 e. The van der Waals surface area contributed by atoms with Crippen LogP contribution >= 0.6 is 0 Å². The van der Waals surface area contributed by atoms with Gasteiger partial charge in [-0.15, -0.1) is 0 Å². The summed E-state index contributed by atoms with van der Waals surface area (Å²) in [4.78, 5) is 16.7. The Kier molecular flexibility index (Phi) is 6.71. The average Bonchev–Trinajstić information content (AvgIpc) is 3.19. The Morgan fingerprint density at radius 2 is 1.90 bits per heavy atom. The van der Waals surface area contributed by atoms with Gasteiger partial charge in [0.25, 0.3) is 0 Å². The van der Waals surface area contributed by atoms with Crippen molar-refractivity contribution in [1.82, 2.24) is 10.1 Å². The van der Waals surface area contributed by atoms with Crippen LogP contribution < -0.4 is 15.2 Å². The van der Waals surface area contributed by atoms with Crippen molar-refractivity contribution in [3.8, 4) is 17.1 Å². The van der Waals surface area contributed by atoms with E-state index in [-0.39, 0.29) is 23.6 Å². The second-order valence-corrected chi connectivity index (χ2v) is 8.54. The SMILES string of the molecule is CCOc1ccc(-c2noc(CCC(=O)Nc3cc(S(N)(=O)=O)cc(C)c3C)n2)cc1. The number of carbonyl (C=O) groups is 1. The van der Waals surface area contributed by atoms with Gasteiger partial charge >= 0.3 is 0 Å². The smallest absolute Gasteiger partial charge is 0.238 e. The molecule has 10 heteroatoms. The number of anilines is 1. The molecule has 164 valence electrons. The van der Waals surface area contributed by atoms with Gasteiger partial charge in [0.2, 0.25) is 27.6 Å². The number of aromatic nitrogens is 2. The van der Waals surface area contributed by atoms with E-state index in [4.69, 9.17) is 14.4 Å². The number of ether oxygens (including phenoxy) is 1. The highest BCUT2D eigenvalue weighted by molar-refractivity contribution is 7.89. The first-order valence-electron chi connectivity index (χ1n) is 9.67. The van der Waals surface area contributed by atoms with E-state index in [1.807, 2.05) is 31.2 Å². The zero-order valence-corrected chi connectivity index (χ0v) is 18.3. The van der Waals surface area contributed by atoms with E-state index in [1.54, 1.807) is 13.8 Å². The third-order valence-electron chi connectivity index (χ3n) is 4.70. The Morgan fingerprint density at radius 1 is 1.19 bits per heavy atom. The second kappa shape index (κ2) is 9.27. The lowest BCUT2D eigenvalue weighted by atomic mass is 10.1. The predicted octanol–water partition coefficient (Wildman–Crippen LogP) is 2.97. The fourth-order valence-corrected chi connectivity index (χ4v) is 3.52. The van der Waals surface area contributed by atoms with Crippen molar-refractivity contribution in [2.45, 2.75) is 38.5 Å². The van der Waals surface area contributed by atoms with Gasteiger partial charge in [-0.3, -0.25) is 4.79 Å². The summed E-state index contributed by atoms with van der Waals surface area (Å²) in [5.74, 6) is 1.19. The first kappa shape index (κ1) is 22.4. The Morgan fingerprint density at radius 3 is 2.55 bits per heavy atom. The van der Waals surface area contributed by atoms with Gasteiger partial charge in [0, 0.05) is 24.1 Å². The minimum absolute atomic E-state index is 0.0530. The molecule has 1 heterocycles. The Labute approximate surface area is 180 Å². The molecule has 0 aliphatic heterocycles. The monoisotopic (exact) mass is 444 g/mol. The van der Waals surface area contributed by atoms with Crippen LogP contribution in [0.1, 0.15) is 30.4 Å². The molecule has 0 saturated carbocycles. The highest BCUT2D eigenvalue weighted by atomic mass is 32.2. The fraction of sp³-hybridized carbons (Fsp3) is 0.286. The lowest BCUT2D eigenvalue weighted by molar-refractivity contribution is -0.116. The highest BCUT2D eigenvalue weighted by Crippen LogP contribution is 2.24. The molecule has 2 aromatic carbocycles. The molecule has 1 aromatic heterocycles. The molecular formula is C21H24N4O5S. The summed E-state index contributed by atoms with van der Waals surface area (Å²) in [7, 11) is -3.88. The second-order valence-electron chi connectivity index (χ2n) is 6.98. The van der Waals surface area contributed by atoms with Crippen molar-refractivity contribution >= 4 is 21.6 Å². The summed E-state index contributed by atoms with van der Waals surface area (Å²) in [6.07, 6.45) is 0.325. The van der Waals surface area contributed by atoms with E-state index in [1.165, 1.54) is 12.1 Å². The number of rotatable bonds is 8. The summed E-state index contributed by atoms with van der Waals surface area (Å²) in [6.45, 7) is 6.04. The molecule has 9 nitrogen and oxygen atoms in total. The number of hydrogen-bond acceptors (Lipinski definition) is 7. The summed E-state index contributed by atoms with van der Waals surface area (Å²) < 4.78 is 33.9. The number of hydrogen-bond donors (Lipinski definition) is 2. The Hall–Kier alpha value is -3.24. The van der Waals surface area contributed by atoms with Crippen molar-refractivity contribution in [2.24, 2.45) is 5.14 Å². The maximum Gasteiger partial charge on any atom is 0.238 e. The topological polar surface area (TPSA) is 137 Å². The number of nitrogens with one attached hydrogen (secondary N) is 1. The molecule has 0 aliphatic carbocycles. The van der Waals surface area contributed by atoms with Crippen LogP contribution in [-0.2, 0) is 21.2 Å². The van der Waals surface area contributed by atoms with Crippen LogP contribution in [0.25, 0.3) is 11.4 Å². The van der Waals surface area contributed by atoms with Gasteiger partial charge < -0.3 is 14.6 Å². The summed E-state index contributed by atoms with van der Waals surface area (Å²) in [5, 5.41) is 11.9. The number of benzene rings is 2. The third-order valence-corrected chi connectivity index (χ3v) is 5.59. The van der Waals surface area contributed by atoms with Crippen LogP contribution in [0.2, 0.25) is 0 Å². The van der Waals surface area contributed by atoms with Crippen molar-refractivity contribution in [3.63, 3.8) is 0 Å². The van der Waals surface area contributed by atoms with E-state index < -0.39 is 10.0 Å². The van der Waals surface area contributed by atoms with Gasteiger partial charge in [0.1, 0.15) is 5.75 Å². The van der Waals surface area contributed by atoms with Crippen LogP contribution in [0.3, 0.4) is 0 Å². The molecule has 0 saturated heterocycles. The fourth-order valence-electron chi connectivity index (χ4n) is 2.89. The van der Waals surface area contributed by atoms with E-state index in [9.17, 15) is 13.2 Å². The molecule has 0 bridgehead atoms. The van der Waals surface area contributed by atoms with Crippen LogP contribution in [-0.4, -0.2) is 31.1 Å². The molecule has 3 N–H and O–H groups in total. The first-order chi connectivity index (χ1) is 14.7. The zero-order valence-electron chi connectivity index (χ0n) is 17.5. The molecular weight excluding hydrogens is 420 g/mol. The lowest BCUT2D eigenvalue weighted by Crippen LogP contribution is -2.16. The van der Waals surface area contributed by atoms with Crippen molar-refractivity contribution in [1.29, 1.82) is 0 Å². The maximum atomic E-state index is 12.4. The molecule has 31 heavy (non-hydrogen) atoms. The number of sulfonamides is 1. The Bertz CT molecular complexity index is 1190. The van der Waals surface area contributed by atoms with Crippen LogP contribution in [0.5, 0.6) is 5.75 Å². The van der Waals surface area contributed by atoms with Gasteiger partial charge in [0.15, 0.2) is 0 Å². The molecule has 0 radical (unpaired) electrons. The zero-order chi connectivity index (χ0) is 22.6. The molecule has 3 aromatic rings. The van der Waals surface area contributed by atoms with Crippen molar-refractivity contribution in [3.05, 3.63) is 53.4 Å². The summed E-state index contributed by atoms with van der Waals surface area (Å²) in [6, 6.07) is 10.1. The van der Waals surface area contributed by atoms with E-state index >= 15 is 0 Å². The summed E-state index contributed by atoms with van der Waals surface area (Å²) >= 11 is 0. The number of aryl methyl sites for hydroxylation is 2. The molecule has 0 spiro atoms. The van der Waals surface area contributed by atoms with Gasteiger partial charge in [-0.1, -0.05) is 5.16 Å². The standard InChI is InChI=1S/C21H24N4O5S/c1-4-29-16-7-5-15(6-8-16)21-24-20(30-25-21)10-9-19(26)23-18-12-17(31(22,27)28)11-13(2)14(18)3/h5-8,11-12H,4,9-10H2,1-3H3,(H,23,26)(H2,22,27,28).